The van der Waals surface area contributed by atoms with Gasteiger partial charge in [0.2, 0.25) is 0 Å². The van der Waals surface area contributed by atoms with Gasteiger partial charge in [-0.3, -0.25) is 10.1 Å². The highest BCUT2D eigenvalue weighted by Crippen LogP contribution is 2.25. The van der Waals surface area contributed by atoms with Gasteiger partial charge in [0.1, 0.15) is 6.04 Å². The van der Waals surface area contributed by atoms with E-state index in [1.165, 1.54) is 0 Å². The Morgan fingerprint density at radius 2 is 2.38 bits per heavy atom. The zero-order chi connectivity index (χ0) is 12.2. The Balaban J connectivity index is 2.43. The van der Waals surface area contributed by atoms with Crippen molar-refractivity contribution in [1.82, 2.24) is 5.32 Å². The standard InChI is InChI=1S/C10H16F2N2O2/c1-2-3-4-16-9(15)7-5-10(11,12)8(13)6-14-7/h7,13-14H,2-6H2,1H3/t7-/m0/s1. The number of piperidine rings is 1. The molecule has 1 aliphatic heterocycles. The molecule has 0 amide bonds. The Labute approximate surface area is 92.9 Å². The van der Waals surface area contributed by atoms with E-state index in [9.17, 15) is 13.6 Å². The van der Waals surface area contributed by atoms with Gasteiger partial charge in [0.15, 0.2) is 0 Å². The van der Waals surface area contributed by atoms with Crippen LogP contribution in [0.4, 0.5) is 8.78 Å². The van der Waals surface area contributed by atoms with Crippen molar-refractivity contribution in [3.05, 3.63) is 0 Å². The molecule has 16 heavy (non-hydrogen) atoms. The average Bonchev–Trinajstić information content (AvgIpc) is 2.22. The smallest absolute Gasteiger partial charge is 0.323 e. The topological polar surface area (TPSA) is 62.2 Å². The van der Waals surface area contributed by atoms with Gasteiger partial charge in [-0.25, -0.2) is 0 Å². The van der Waals surface area contributed by atoms with Crippen molar-refractivity contribution < 1.29 is 18.3 Å². The van der Waals surface area contributed by atoms with Crippen LogP contribution in [0.15, 0.2) is 0 Å². The molecule has 6 heteroatoms. The van der Waals surface area contributed by atoms with Crippen LogP contribution < -0.4 is 5.32 Å². The first-order valence-corrected chi connectivity index (χ1v) is 5.33. The number of carbonyl (C=O) groups is 1. The second-order valence-corrected chi connectivity index (χ2v) is 3.84. The number of carbonyl (C=O) groups excluding carboxylic acids is 1. The maximum absolute atomic E-state index is 13.1. The Hall–Kier alpha value is -1.04. The van der Waals surface area contributed by atoms with E-state index in [0.29, 0.717) is 0 Å². The fourth-order valence-corrected chi connectivity index (χ4v) is 1.39. The van der Waals surface area contributed by atoms with Crippen molar-refractivity contribution in [2.24, 2.45) is 0 Å². The number of rotatable bonds is 4. The number of ether oxygens (including phenoxy) is 1. The van der Waals surface area contributed by atoms with Crippen molar-refractivity contribution in [2.45, 2.75) is 38.2 Å². The summed E-state index contributed by atoms with van der Waals surface area (Å²) in [7, 11) is 0. The molecule has 1 heterocycles. The fourth-order valence-electron chi connectivity index (χ4n) is 1.39. The van der Waals surface area contributed by atoms with E-state index in [4.69, 9.17) is 10.1 Å². The molecule has 1 rings (SSSR count). The number of hydrogen-bond acceptors (Lipinski definition) is 4. The minimum absolute atomic E-state index is 0.260. The van der Waals surface area contributed by atoms with Crippen molar-refractivity contribution in [1.29, 1.82) is 5.41 Å². The highest BCUT2D eigenvalue weighted by molar-refractivity contribution is 5.93. The molecular formula is C10H16F2N2O2. The van der Waals surface area contributed by atoms with Gasteiger partial charge >= 0.3 is 5.97 Å². The van der Waals surface area contributed by atoms with Gasteiger partial charge in [0.25, 0.3) is 5.92 Å². The predicted octanol–water partition coefficient (Wildman–Crippen LogP) is 1.35. The molecule has 0 unspecified atom stereocenters. The minimum atomic E-state index is -3.19. The van der Waals surface area contributed by atoms with Crippen LogP contribution in [0.25, 0.3) is 0 Å². The van der Waals surface area contributed by atoms with Gasteiger partial charge in [0.05, 0.1) is 12.3 Å². The molecule has 4 nitrogen and oxygen atoms in total. The quantitative estimate of drug-likeness (QED) is 0.570. The molecule has 0 aromatic carbocycles. The summed E-state index contributed by atoms with van der Waals surface area (Å²) in [6, 6.07) is -0.999. The van der Waals surface area contributed by atoms with Crippen LogP contribution in [0, 0.1) is 5.41 Å². The number of alkyl halides is 2. The summed E-state index contributed by atoms with van der Waals surface area (Å²) < 4.78 is 31.1. The zero-order valence-electron chi connectivity index (χ0n) is 9.19. The van der Waals surface area contributed by atoms with Crippen LogP contribution in [-0.4, -0.2) is 36.8 Å². The van der Waals surface area contributed by atoms with Crippen LogP contribution in [0.5, 0.6) is 0 Å². The minimum Gasteiger partial charge on any atom is -0.465 e. The molecule has 0 spiro atoms. The Morgan fingerprint density at radius 3 is 2.94 bits per heavy atom. The van der Waals surface area contributed by atoms with Gasteiger partial charge < -0.3 is 10.1 Å². The number of halogens is 2. The molecule has 0 saturated carbocycles. The van der Waals surface area contributed by atoms with E-state index in [1.54, 1.807) is 0 Å². The van der Waals surface area contributed by atoms with E-state index >= 15 is 0 Å². The number of hydrogen-bond donors (Lipinski definition) is 2. The van der Waals surface area contributed by atoms with Gasteiger partial charge in [-0.2, -0.15) is 8.78 Å². The lowest BCUT2D eigenvalue weighted by molar-refractivity contribution is -0.148. The van der Waals surface area contributed by atoms with E-state index in [1.807, 2.05) is 6.92 Å². The van der Waals surface area contributed by atoms with E-state index in [2.05, 4.69) is 5.32 Å². The highest BCUT2D eigenvalue weighted by atomic mass is 19.3. The molecule has 0 aromatic rings. The van der Waals surface area contributed by atoms with Gasteiger partial charge in [0, 0.05) is 13.0 Å². The average molecular weight is 234 g/mol. The van der Waals surface area contributed by atoms with E-state index in [0.717, 1.165) is 12.8 Å². The Kier molecular flexibility index (Phi) is 4.35. The lowest BCUT2D eigenvalue weighted by Crippen LogP contribution is -2.54. The third-order valence-corrected chi connectivity index (χ3v) is 2.45. The molecule has 1 fully saturated rings. The van der Waals surface area contributed by atoms with Crippen molar-refractivity contribution in [3.8, 4) is 0 Å². The van der Waals surface area contributed by atoms with Crippen LogP contribution >= 0.6 is 0 Å². The Morgan fingerprint density at radius 1 is 1.69 bits per heavy atom. The first kappa shape index (κ1) is 13.0. The monoisotopic (exact) mass is 234 g/mol. The third-order valence-electron chi connectivity index (χ3n) is 2.45. The molecule has 0 bridgehead atoms. The molecule has 1 saturated heterocycles. The first-order valence-electron chi connectivity index (χ1n) is 5.33. The zero-order valence-corrected chi connectivity index (χ0v) is 9.19. The lowest BCUT2D eigenvalue weighted by Gasteiger charge is -2.29. The number of nitrogens with one attached hydrogen (secondary N) is 2. The van der Waals surface area contributed by atoms with Crippen molar-refractivity contribution in [2.75, 3.05) is 13.2 Å². The molecule has 0 aromatic heterocycles. The molecular weight excluding hydrogens is 218 g/mol. The molecule has 92 valence electrons. The first-order chi connectivity index (χ1) is 7.47. The summed E-state index contributed by atoms with van der Waals surface area (Å²) in [4.78, 5) is 11.4. The molecule has 2 N–H and O–H groups in total. The summed E-state index contributed by atoms with van der Waals surface area (Å²) in [6.07, 6.45) is 0.924. The second kappa shape index (κ2) is 5.34. The molecule has 0 radical (unpaired) electrons. The van der Waals surface area contributed by atoms with Crippen molar-refractivity contribution >= 4 is 11.7 Å². The maximum atomic E-state index is 13.1. The molecule has 0 aliphatic carbocycles. The summed E-state index contributed by atoms with van der Waals surface area (Å²) in [5.74, 6) is -3.85. The summed E-state index contributed by atoms with van der Waals surface area (Å²) in [5, 5.41) is 9.60. The fraction of sp³-hybridized carbons (Fsp3) is 0.800. The van der Waals surface area contributed by atoms with Gasteiger partial charge in [-0.1, -0.05) is 13.3 Å². The van der Waals surface area contributed by atoms with E-state index < -0.39 is 30.1 Å². The van der Waals surface area contributed by atoms with Gasteiger partial charge in [-0.05, 0) is 6.42 Å². The second-order valence-electron chi connectivity index (χ2n) is 3.84. The lowest BCUT2D eigenvalue weighted by atomic mass is 9.99. The Bertz CT molecular complexity index is 282. The normalized spacial score (nSPS) is 24.2. The maximum Gasteiger partial charge on any atom is 0.323 e. The molecule has 1 atom stereocenters. The van der Waals surface area contributed by atoms with Crippen LogP contribution in [-0.2, 0) is 9.53 Å². The predicted molar refractivity (Wildman–Crippen MR) is 54.9 cm³/mol. The van der Waals surface area contributed by atoms with E-state index in [-0.39, 0.29) is 13.2 Å². The molecule has 1 aliphatic rings. The van der Waals surface area contributed by atoms with Crippen LogP contribution in [0.1, 0.15) is 26.2 Å². The highest BCUT2D eigenvalue weighted by Gasteiger charge is 2.44. The summed E-state index contributed by atoms with van der Waals surface area (Å²) >= 11 is 0. The van der Waals surface area contributed by atoms with Crippen LogP contribution in [0.3, 0.4) is 0 Å². The van der Waals surface area contributed by atoms with Crippen molar-refractivity contribution in [3.63, 3.8) is 0 Å². The summed E-state index contributed by atoms with van der Waals surface area (Å²) in [6.45, 7) is 1.94. The van der Waals surface area contributed by atoms with Crippen LogP contribution in [0.2, 0.25) is 0 Å². The largest absolute Gasteiger partial charge is 0.465 e. The van der Waals surface area contributed by atoms with Gasteiger partial charge in [-0.15, -0.1) is 0 Å². The number of unbranched alkanes of at least 4 members (excludes halogenated alkanes) is 1. The third kappa shape index (κ3) is 3.23. The number of esters is 1. The summed E-state index contributed by atoms with van der Waals surface area (Å²) in [5.41, 5.74) is -0.676. The SMILES string of the molecule is CCCCOC(=O)[C@@H]1CC(F)(F)C(=N)CN1.